The maximum Gasteiger partial charge on any atom is 0.290 e. The molecule has 1 aliphatic heterocycles. The maximum atomic E-state index is 12.9. The van der Waals surface area contributed by atoms with Crippen LogP contribution >= 0.6 is 11.6 Å². The zero-order valence-corrected chi connectivity index (χ0v) is 16.1. The summed E-state index contributed by atoms with van der Waals surface area (Å²) in [6, 6.07) is 15.5. The Morgan fingerprint density at radius 1 is 1.18 bits per heavy atom. The van der Waals surface area contributed by atoms with Crippen LogP contribution in [0.1, 0.15) is 17.2 Å². The summed E-state index contributed by atoms with van der Waals surface area (Å²) >= 11 is 5.97. The smallest absolute Gasteiger partial charge is 0.290 e. The van der Waals surface area contributed by atoms with Gasteiger partial charge in [0.15, 0.2) is 11.5 Å². The second-order valence-electron chi connectivity index (χ2n) is 6.32. The monoisotopic (exact) mass is 397 g/mol. The van der Waals surface area contributed by atoms with Crippen molar-refractivity contribution in [2.24, 2.45) is 0 Å². The summed E-state index contributed by atoms with van der Waals surface area (Å²) in [7, 11) is 1.53. The highest BCUT2D eigenvalue weighted by molar-refractivity contribution is 6.30. The van der Waals surface area contributed by atoms with Crippen LogP contribution in [0.15, 0.2) is 72.0 Å². The van der Waals surface area contributed by atoms with Crippen molar-refractivity contribution in [2.75, 3.05) is 20.3 Å². The van der Waals surface area contributed by atoms with Gasteiger partial charge in [0.05, 0.1) is 18.2 Å². The summed E-state index contributed by atoms with van der Waals surface area (Å²) in [5.74, 6) is -1.54. The Morgan fingerprint density at radius 2 is 1.86 bits per heavy atom. The van der Waals surface area contributed by atoms with Gasteiger partial charge >= 0.3 is 0 Å². The molecule has 1 aliphatic rings. The second-order valence-corrected chi connectivity index (χ2v) is 6.75. The number of nitrogens with zero attached hydrogens (tertiary/aromatic N) is 1. The van der Waals surface area contributed by atoms with Crippen molar-refractivity contribution >= 4 is 29.4 Å². The van der Waals surface area contributed by atoms with E-state index in [1.165, 1.54) is 18.1 Å². The van der Waals surface area contributed by atoms with Crippen LogP contribution in [0.25, 0.3) is 6.08 Å². The van der Waals surface area contributed by atoms with Gasteiger partial charge < -0.3 is 14.7 Å². The summed E-state index contributed by atoms with van der Waals surface area (Å²) in [6.07, 6.45) is 3.03. The standard InChI is InChI=1S/C22H20ClNO4/c1-28-14-13-24-20(16-8-10-17(23)11-9-16)19(21(26)22(24)27)18(25)12-7-15-5-3-2-4-6-15/h2-12,20,26H,13-14H2,1H3/b12-7+. The fourth-order valence-corrected chi connectivity index (χ4v) is 3.27. The van der Waals surface area contributed by atoms with Crippen molar-refractivity contribution in [3.63, 3.8) is 0 Å². The Balaban J connectivity index is 1.97. The van der Waals surface area contributed by atoms with E-state index in [9.17, 15) is 14.7 Å². The number of aliphatic hydroxyl groups excluding tert-OH is 1. The Bertz CT molecular complexity index is 919. The van der Waals surface area contributed by atoms with Gasteiger partial charge in [-0.25, -0.2) is 0 Å². The molecule has 6 heteroatoms. The summed E-state index contributed by atoms with van der Waals surface area (Å²) in [5, 5.41) is 11.0. The molecule has 1 atom stereocenters. The van der Waals surface area contributed by atoms with Crippen LogP contribution in [0, 0.1) is 0 Å². The van der Waals surface area contributed by atoms with Crippen molar-refractivity contribution in [3.05, 3.63) is 88.2 Å². The number of carbonyl (C=O) groups is 2. The molecule has 1 N–H and O–H groups in total. The van der Waals surface area contributed by atoms with E-state index in [2.05, 4.69) is 0 Å². The molecule has 144 valence electrons. The van der Waals surface area contributed by atoms with Crippen LogP contribution in [-0.2, 0) is 14.3 Å². The Morgan fingerprint density at radius 3 is 2.50 bits per heavy atom. The normalized spacial score (nSPS) is 17.0. The molecule has 3 rings (SSSR count). The van der Waals surface area contributed by atoms with Crippen LogP contribution in [0.4, 0.5) is 0 Å². The highest BCUT2D eigenvalue weighted by Gasteiger charge is 2.42. The van der Waals surface area contributed by atoms with Crippen LogP contribution in [0.3, 0.4) is 0 Å². The molecule has 0 aliphatic carbocycles. The highest BCUT2D eigenvalue weighted by atomic mass is 35.5. The maximum absolute atomic E-state index is 12.9. The number of aliphatic hydroxyl groups is 1. The van der Waals surface area contributed by atoms with E-state index in [-0.39, 0.29) is 18.7 Å². The van der Waals surface area contributed by atoms with E-state index in [4.69, 9.17) is 16.3 Å². The lowest BCUT2D eigenvalue weighted by atomic mass is 9.95. The molecule has 0 aromatic heterocycles. The molecule has 0 fully saturated rings. The average Bonchev–Trinajstić information content (AvgIpc) is 2.96. The molecule has 0 radical (unpaired) electrons. The van der Waals surface area contributed by atoms with Gasteiger partial charge in [0.2, 0.25) is 0 Å². The first-order valence-electron chi connectivity index (χ1n) is 8.79. The molecule has 1 unspecified atom stereocenters. The van der Waals surface area contributed by atoms with Gasteiger partial charge in [-0.15, -0.1) is 0 Å². The molecule has 1 heterocycles. The predicted molar refractivity (Wildman–Crippen MR) is 108 cm³/mol. The Labute approximate surface area is 168 Å². The number of hydrogen-bond donors (Lipinski definition) is 1. The third kappa shape index (κ3) is 4.16. The largest absolute Gasteiger partial charge is 0.503 e. The minimum Gasteiger partial charge on any atom is -0.503 e. The molecule has 2 aromatic carbocycles. The number of hydrogen-bond acceptors (Lipinski definition) is 4. The summed E-state index contributed by atoms with van der Waals surface area (Å²) in [4.78, 5) is 27.0. The van der Waals surface area contributed by atoms with E-state index < -0.39 is 23.5 Å². The first-order valence-corrected chi connectivity index (χ1v) is 9.16. The number of ether oxygens (including phenoxy) is 1. The third-order valence-electron chi connectivity index (χ3n) is 4.52. The Hall–Kier alpha value is -2.89. The van der Waals surface area contributed by atoms with Gasteiger partial charge in [0.1, 0.15) is 0 Å². The van der Waals surface area contributed by atoms with Crippen molar-refractivity contribution in [1.29, 1.82) is 0 Å². The highest BCUT2D eigenvalue weighted by Crippen LogP contribution is 2.38. The second kappa shape index (κ2) is 8.87. The van der Waals surface area contributed by atoms with Gasteiger partial charge in [-0.1, -0.05) is 60.1 Å². The molecule has 0 bridgehead atoms. The molecule has 0 saturated heterocycles. The van der Waals surface area contributed by atoms with Crippen LogP contribution in [0.5, 0.6) is 0 Å². The van der Waals surface area contributed by atoms with Crippen LogP contribution < -0.4 is 0 Å². The average molecular weight is 398 g/mol. The van der Waals surface area contributed by atoms with Crippen molar-refractivity contribution in [1.82, 2.24) is 4.90 Å². The van der Waals surface area contributed by atoms with Crippen molar-refractivity contribution in [2.45, 2.75) is 6.04 Å². The first-order chi connectivity index (χ1) is 13.5. The van der Waals surface area contributed by atoms with E-state index in [1.807, 2.05) is 30.3 Å². The summed E-state index contributed by atoms with van der Waals surface area (Å²) < 4.78 is 5.08. The molecule has 28 heavy (non-hydrogen) atoms. The van der Waals surface area contributed by atoms with E-state index in [1.54, 1.807) is 30.3 Å². The third-order valence-corrected chi connectivity index (χ3v) is 4.77. The number of benzene rings is 2. The van der Waals surface area contributed by atoms with Gasteiger partial charge in [-0.2, -0.15) is 0 Å². The number of amides is 1. The van der Waals surface area contributed by atoms with Gasteiger partial charge in [-0.3, -0.25) is 9.59 Å². The minimum absolute atomic E-state index is 0.0515. The number of rotatable bonds is 7. The summed E-state index contributed by atoms with van der Waals surface area (Å²) in [6.45, 7) is 0.524. The van der Waals surface area contributed by atoms with Gasteiger partial charge in [0.25, 0.3) is 5.91 Å². The molecule has 5 nitrogen and oxygen atoms in total. The molecular weight excluding hydrogens is 378 g/mol. The zero-order chi connectivity index (χ0) is 20.1. The van der Waals surface area contributed by atoms with Crippen LogP contribution in [0.2, 0.25) is 5.02 Å². The van der Waals surface area contributed by atoms with E-state index >= 15 is 0 Å². The summed E-state index contributed by atoms with van der Waals surface area (Å²) in [5.41, 5.74) is 1.59. The fraction of sp³-hybridized carbons (Fsp3) is 0.182. The predicted octanol–water partition coefficient (Wildman–Crippen LogP) is 3.96. The minimum atomic E-state index is -0.701. The van der Waals surface area contributed by atoms with Gasteiger partial charge in [-0.05, 0) is 29.3 Å². The van der Waals surface area contributed by atoms with E-state index in [0.29, 0.717) is 10.6 Å². The molecule has 1 amide bonds. The lowest BCUT2D eigenvalue weighted by Crippen LogP contribution is -2.33. The number of halogens is 1. The number of methoxy groups -OCH3 is 1. The van der Waals surface area contributed by atoms with Crippen molar-refractivity contribution in [3.8, 4) is 0 Å². The lowest BCUT2D eigenvalue weighted by molar-refractivity contribution is -0.130. The topological polar surface area (TPSA) is 66.8 Å². The SMILES string of the molecule is COCCN1C(=O)C(O)=C(C(=O)/C=C/c2ccccc2)C1c1ccc(Cl)cc1. The Kier molecular flexibility index (Phi) is 6.29. The quantitative estimate of drug-likeness (QED) is 0.718. The molecule has 2 aromatic rings. The zero-order valence-electron chi connectivity index (χ0n) is 15.3. The lowest BCUT2D eigenvalue weighted by Gasteiger charge is -2.26. The van der Waals surface area contributed by atoms with Crippen molar-refractivity contribution < 1.29 is 19.4 Å². The fourth-order valence-electron chi connectivity index (χ4n) is 3.14. The van der Waals surface area contributed by atoms with Gasteiger partial charge in [0, 0.05) is 18.7 Å². The molecule has 0 saturated carbocycles. The number of allylic oxidation sites excluding steroid dienone is 1. The van der Waals surface area contributed by atoms with Crippen LogP contribution in [-0.4, -0.2) is 42.0 Å². The van der Waals surface area contributed by atoms with E-state index in [0.717, 1.165) is 5.56 Å². The number of ketones is 1. The molecule has 0 spiro atoms. The molecular formula is C22H20ClNO4. The first kappa shape index (κ1) is 19.9. The number of carbonyl (C=O) groups excluding carboxylic acids is 2.